The molecule has 1 aromatic carbocycles. The summed E-state index contributed by atoms with van der Waals surface area (Å²) in [5.41, 5.74) is -1.32. The van der Waals surface area contributed by atoms with Crippen LogP contribution in [0.4, 0.5) is 8.78 Å². The van der Waals surface area contributed by atoms with Crippen LogP contribution >= 0.6 is 0 Å². The van der Waals surface area contributed by atoms with Gasteiger partial charge in [0.2, 0.25) is 0 Å². The van der Waals surface area contributed by atoms with Crippen molar-refractivity contribution in [3.05, 3.63) is 23.8 Å². The lowest BCUT2D eigenvalue weighted by Gasteiger charge is -2.32. The van der Waals surface area contributed by atoms with Gasteiger partial charge in [0.15, 0.2) is 24.0 Å². The van der Waals surface area contributed by atoms with Crippen LogP contribution in [0.5, 0.6) is 5.75 Å². The molecule has 0 spiro atoms. The standard InChI is InChI=1S/C14H16BF2NO3/c1-13(2)14(3,4)21-15(20-13)9-5-6-10(19-8-7-18)12(17)11(9)16/h5-6H,8H2,1-4H3. The fourth-order valence-electron chi connectivity index (χ4n) is 1.92. The SMILES string of the molecule is CC1(C)OB(c2ccc(OCC#N)c(F)c2F)OC1(C)C. The molecule has 21 heavy (non-hydrogen) atoms. The predicted octanol–water partition coefficient (Wildman–Crippen LogP) is 2.17. The molecule has 112 valence electrons. The molecule has 1 heterocycles. The van der Waals surface area contributed by atoms with Gasteiger partial charge < -0.3 is 14.0 Å². The number of halogens is 2. The summed E-state index contributed by atoms with van der Waals surface area (Å²) in [5, 5.41) is 8.40. The van der Waals surface area contributed by atoms with Crippen LogP contribution in [0.3, 0.4) is 0 Å². The third kappa shape index (κ3) is 2.74. The molecule has 1 fully saturated rings. The monoisotopic (exact) mass is 295 g/mol. The predicted molar refractivity (Wildman–Crippen MR) is 73.2 cm³/mol. The molecule has 7 heteroatoms. The van der Waals surface area contributed by atoms with Crippen molar-refractivity contribution in [2.75, 3.05) is 6.61 Å². The van der Waals surface area contributed by atoms with Gasteiger partial charge in [-0.2, -0.15) is 9.65 Å². The van der Waals surface area contributed by atoms with E-state index in [1.807, 2.05) is 27.7 Å². The highest BCUT2D eigenvalue weighted by atomic mass is 19.2. The van der Waals surface area contributed by atoms with Gasteiger partial charge in [0.1, 0.15) is 6.07 Å². The second kappa shape index (κ2) is 5.28. The number of rotatable bonds is 3. The van der Waals surface area contributed by atoms with Crippen LogP contribution < -0.4 is 10.2 Å². The zero-order valence-electron chi connectivity index (χ0n) is 12.4. The Morgan fingerprint density at radius 1 is 1.14 bits per heavy atom. The number of nitrogens with zero attached hydrogens (tertiary/aromatic N) is 1. The highest BCUT2D eigenvalue weighted by Crippen LogP contribution is 2.37. The van der Waals surface area contributed by atoms with Gasteiger partial charge in [-0.15, -0.1) is 0 Å². The molecule has 0 bridgehead atoms. The Balaban J connectivity index is 2.31. The first kappa shape index (κ1) is 15.7. The summed E-state index contributed by atoms with van der Waals surface area (Å²) >= 11 is 0. The van der Waals surface area contributed by atoms with Crippen molar-refractivity contribution in [2.45, 2.75) is 38.9 Å². The van der Waals surface area contributed by atoms with E-state index in [-0.39, 0.29) is 17.8 Å². The number of hydrogen-bond donors (Lipinski definition) is 0. The number of benzene rings is 1. The first-order chi connectivity index (χ1) is 9.69. The molecule has 1 aliphatic heterocycles. The number of hydrogen-bond acceptors (Lipinski definition) is 4. The number of nitriles is 1. The van der Waals surface area contributed by atoms with Gasteiger partial charge >= 0.3 is 7.12 Å². The molecule has 0 atom stereocenters. The third-order valence-corrected chi connectivity index (χ3v) is 3.88. The minimum absolute atomic E-state index is 0.0320. The van der Waals surface area contributed by atoms with Crippen LogP contribution in [0, 0.1) is 23.0 Å². The van der Waals surface area contributed by atoms with E-state index in [1.165, 1.54) is 12.1 Å². The van der Waals surface area contributed by atoms with Gasteiger partial charge in [-0.1, -0.05) is 6.07 Å². The van der Waals surface area contributed by atoms with Crippen LogP contribution in [0.25, 0.3) is 0 Å². The Morgan fingerprint density at radius 2 is 1.71 bits per heavy atom. The topological polar surface area (TPSA) is 51.5 Å². The summed E-state index contributed by atoms with van der Waals surface area (Å²) in [4.78, 5) is 0. The van der Waals surface area contributed by atoms with Crippen molar-refractivity contribution >= 4 is 12.6 Å². The molecule has 0 aliphatic carbocycles. The van der Waals surface area contributed by atoms with E-state index in [0.717, 1.165) is 0 Å². The Bertz CT molecular complexity index is 583. The van der Waals surface area contributed by atoms with E-state index in [4.69, 9.17) is 19.3 Å². The van der Waals surface area contributed by atoms with Crippen molar-refractivity contribution in [1.29, 1.82) is 5.26 Å². The number of ether oxygens (including phenoxy) is 1. The average Bonchev–Trinajstić information content (AvgIpc) is 2.60. The Morgan fingerprint density at radius 3 is 2.24 bits per heavy atom. The molecule has 0 N–H and O–H groups in total. The summed E-state index contributed by atoms with van der Waals surface area (Å²) in [6.45, 7) is 6.95. The first-order valence-corrected chi connectivity index (χ1v) is 6.53. The van der Waals surface area contributed by atoms with Crippen LogP contribution in [-0.4, -0.2) is 24.9 Å². The largest absolute Gasteiger partial charge is 0.497 e. The summed E-state index contributed by atoms with van der Waals surface area (Å²) in [6.07, 6.45) is 0. The second-order valence-electron chi connectivity index (χ2n) is 5.82. The molecule has 0 amide bonds. The first-order valence-electron chi connectivity index (χ1n) is 6.53. The van der Waals surface area contributed by atoms with E-state index < -0.39 is 30.0 Å². The average molecular weight is 295 g/mol. The maximum absolute atomic E-state index is 14.1. The minimum atomic E-state index is -1.16. The van der Waals surface area contributed by atoms with Crippen molar-refractivity contribution < 1.29 is 22.8 Å². The highest BCUT2D eigenvalue weighted by Gasteiger charge is 2.52. The van der Waals surface area contributed by atoms with Crippen molar-refractivity contribution in [3.63, 3.8) is 0 Å². The van der Waals surface area contributed by atoms with Crippen molar-refractivity contribution in [2.24, 2.45) is 0 Å². The molecule has 1 saturated heterocycles. The molecular weight excluding hydrogens is 279 g/mol. The van der Waals surface area contributed by atoms with Gasteiger partial charge in [-0.3, -0.25) is 0 Å². The van der Waals surface area contributed by atoms with Crippen molar-refractivity contribution in [1.82, 2.24) is 0 Å². The quantitative estimate of drug-likeness (QED) is 0.802. The van der Waals surface area contributed by atoms with Gasteiger partial charge in [0.25, 0.3) is 0 Å². The van der Waals surface area contributed by atoms with Gasteiger partial charge in [0.05, 0.1) is 11.2 Å². The Hall–Kier alpha value is -1.65. The fraction of sp³-hybridized carbons (Fsp3) is 0.500. The van der Waals surface area contributed by atoms with Crippen LogP contribution in [0.1, 0.15) is 27.7 Å². The van der Waals surface area contributed by atoms with E-state index >= 15 is 0 Å². The molecular formula is C14H16BF2NO3. The van der Waals surface area contributed by atoms with Gasteiger partial charge in [-0.05, 0) is 33.8 Å². The van der Waals surface area contributed by atoms with Crippen LogP contribution in [0.2, 0.25) is 0 Å². The molecule has 2 rings (SSSR count). The zero-order valence-corrected chi connectivity index (χ0v) is 12.4. The lowest BCUT2D eigenvalue weighted by molar-refractivity contribution is 0.00578. The van der Waals surface area contributed by atoms with E-state index in [1.54, 1.807) is 6.07 Å². The van der Waals surface area contributed by atoms with Crippen LogP contribution in [0.15, 0.2) is 12.1 Å². The fourth-order valence-corrected chi connectivity index (χ4v) is 1.92. The summed E-state index contributed by atoms with van der Waals surface area (Å²) in [6, 6.07) is 4.29. The summed E-state index contributed by atoms with van der Waals surface area (Å²) < 4.78 is 44.2. The molecule has 0 radical (unpaired) electrons. The van der Waals surface area contributed by atoms with Crippen LogP contribution in [-0.2, 0) is 9.31 Å². The minimum Gasteiger partial charge on any atom is -0.476 e. The highest BCUT2D eigenvalue weighted by molar-refractivity contribution is 6.62. The normalized spacial score (nSPS) is 19.4. The Labute approximate surface area is 122 Å². The maximum atomic E-state index is 14.1. The molecule has 0 unspecified atom stereocenters. The van der Waals surface area contributed by atoms with Gasteiger partial charge in [-0.25, -0.2) is 4.39 Å². The maximum Gasteiger partial charge on any atom is 0.497 e. The Kier molecular flexibility index (Phi) is 3.96. The van der Waals surface area contributed by atoms with Crippen molar-refractivity contribution in [3.8, 4) is 11.8 Å². The molecule has 1 aromatic rings. The lowest BCUT2D eigenvalue weighted by atomic mass is 9.78. The molecule has 4 nitrogen and oxygen atoms in total. The summed E-state index contributed by atoms with van der Waals surface area (Å²) in [7, 11) is -0.991. The molecule has 0 saturated carbocycles. The second-order valence-corrected chi connectivity index (χ2v) is 5.82. The van der Waals surface area contributed by atoms with E-state index in [9.17, 15) is 8.78 Å². The smallest absolute Gasteiger partial charge is 0.476 e. The zero-order chi connectivity index (χ0) is 15.8. The third-order valence-electron chi connectivity index (χ3n) is 3.88. The van der Waals surface area contributed by atoms with Gasteiger partial charge in [0, 0.05) is 5.46 Å². The summed E-state index contributed by atoms with van der Waals surface area (Å²) in [5.74, 6) is -2.56. The van der Waals surface area contributed by atoms with E-state index in [2.05, 4.69) is 0 Å². The lowest BCUT2D eigenvalue weighted by Crippen LogP contribution is -2.41. The molecule has 0 aromatic heterocycles. The molecule has 1 aliphatic rings. The van der Waals surface area contributed by atoms with E-state index in [0.29, 0.717) is 0 Å².